The van der Waals surface area contributed by atoms with Crippen molar-refractivity contribution in [3.05, 3.63) is 24.5 Å². The number of hydrogen-bond donors (Lipinski definition) is 3. The molecule has 1 heterocycles. The fourth-order valence-electron chi connectivity index (χ4n) is 1.81. The van der Waals surface area contributed by atoms with Gasteiger partial charge in [0.15, 0.2) is 0 Å². The number of rotatable bonds is 6. The molecule has 18 heavy (non-hydrogen) atoms. The smallest absolute Gasteiger partial charge is 0.319 e. The molecule has 0 aliphatic rings. The molecule has 3 N–H and O–H groups in total. The first-order valence-corrected chi connectivity index (χ1v) is 6.30. The Balaban J connectivity index is 2.33. The first kappa shape index (κ1) is 14.4. The minimum absolute atomic E-state index is 0.226. The van der Waals surface area contributed by atoms with Crippen LogP contribution >= 0.6 is 0 Å². The van der Waals surface area contributed by atoms with E-state index in [1.807, 2.05) is 13.8 Å². The summed E-state index contributed by atoms with van der Waals surface area (Å²) in [7, 11) is 0. The number of aliphatic hydroxyl groups is 1. The molecule has 0 saturated carbocycles. The summed E-state index contributed by atoms with van der Waals surface area (Å²) in [5, 5.41) is 15.2. The van der Waals surface area contributed by atoms with Crippen LogP contribution in [0.2, 0.25) is 0 Å². The topological polar surface area (TPSA) is 74.2 Å². The van der Waals surface area contributed by atoms with Crippen LogP contribution in [0.25, 0.3) is 0 Å². The zero-order valence-corrected chi connectivity index (χ0v) is 10.9. The van der Waals surface area contributed by atoms with Gasteiger partial charge in [-0.1, -0.05) is 26.7 Å². The second-order valence-corrected chi connectivity index (χ2v) is 4.22. The van der Waals surface area contributed by atoms with Gasteiger partial charge in [-0.25, -0.2) is 4.79 Å². The molecule has 0 fully saturated rings. The van der Waals surface area contributed by atoms with Gasteiger partial charge >= 0.3 is 6.03 Å². The molecule has 0 aliphatic carbocycles. The van der Waals surface area contributed by atoms with Crippen LogP contribution in [-0.2, 0) is 0 Å². The van der Waals surface area contributed by atoms with E-state index >= 15 is 0 Å². The van der Waals surface area contributed by atoms with Crippen LogP contribution in [0, 0.1) is 5.92 Å². The van der Waals surface area contributed by atoms with E-state index in [4.69, 9.17) is 0 Å². The molecule has 0 spiro atoms. The van der Waals surface area contributed by atoms with Gasteiger partial charge in [-0.05, 0) is 18.1 Å². The number of carbonyl (C=O) groups excluding carboxylic acids is 1. The molecule has 0 radical (unpaired) electrons. The normalized spacial score (nSPS) is 12.2. The van der Waals surface area contributed by atoms with E-state index in [9.17, 15) is 9.90 Å². The zero-order valence-electron chi connectivity index (χ0n) is 10.9. The maximum atomic E-state index is 11.6. The first-order chi connectivity index (χ1) is 8.67. The van der Waals surface area contributed by atoms with Gasteiger partial charge in [0.05, 0.1) is 18.0 Å². The van der Waals surface area contributed by atoms with Crippen LogP contribution in [0.15, 0.2) is 24.5 Å². The second kappa shape index (κ2) is 7.66. The Bertz CT molecular complexity index is 353. The molecule has 2 amide bonds. The summed E-state index contributed by atoms with van der Waals surface area (Å²) in [4.78, 5) is 15.5. The Morgan fingerprint density at radius 2 is 2.17 bits per heavy atom. The van der Waals surface area contributed by atoms with Crippen molar-refractivity contribution in [1.29, 1.82) is 0 Å². The molecule has 100 valence electrons. The lowest BCUT2D eigenvalue weighted by atomic mass is 9.97. The summed E-state index contributed by atoms with van der Waals surface area (Å²) in [5.41, 5.74) is 0.632. The summed E-state index contributed by atoms with van der Waals surface area (Å²) in [6.07, 6.45) is 4.52. The monoisotopic (exact) mass is 251 g/mol. The van der Waals surface area contributed by atoms with Gasteiger partial charge in [0.1, 0.15) is 0 Å². The van der Waals surface area contributed by atoms with E-state index in [-0.39, 0.29) is 18.5 Å². The Labute approximate surface area is 108 Å². The summed E-state index contributed by atoms with van der Waals surface area (Å²) in [5.74, 6) is 0.226. The molecule has 1 rings (SSSR count). The van der Waals surface area contributed by atoms with E-state index in [0.29, 0.717) is 5.69 Å². The van der Waals surface area contributed by atoms with E-state index in [2.05, 4.69) is 15.6 Å². The molecule has 1 atom stereocenters. The minimum atomic E-state index is -0.500. The molecule has 1 aromatic heterocycles. The molecule has 0 saturated heterocycles. The molecule has 0 aliphatic heterocycles. The number of aromatic nitrogens is 1. The van der Waals surface area contributed by atoms with Gasteiger partial charge in [0.2, 0.25) is 0 Å². The lowest BCUT2D eigenvalue weighted by Gasteiger charge is -2.20. The second-order valence-electron chi connectivity index (χ2n) is 4.22. The third-order valence-corrected chi connectivity index (χ3v) is 2.98. The van der Waals surface area contributed by atoms with Crippen LogP contribution in [0.3, 0.4) is 0 Å². The van der Waals surface area contributed by atoms with Gasteiger partial charge in [0, 0.05) is 12.7 Å². The lowest BCUT2D eigenvalue weighted by molar-refractivity contribution is 0.104. The maximum absolute atomic E-state index is 11.6. The van der Waals surface area contributed by atoms with Gasteiger partial charge in [0.25, 0.3) is 0 Å². The highest BCUT2D eigenvalue weighted by Crippen LogP contribution is 2.12. The van der Waals surface area contributed by atoms with E-state index in [1.54, 1.807) is 24.5 Å². The minimum Gasteiger partial charge on any atom is -0.391 e. The summed E-state index contributed by atoms with van der Waals surface area (Å²) >= 11 is 0. The Kier molecular flexibility index (Phi) is 6.14. The third kappa shape index (κ3) is 4.71. The van der Waals surface area contributed by atoms with Gasteiger partial charge in [-0.2, -0.15) is 0 Å². The van der Waals surface area contributed by atoms with Crippen LogP contribution in [0.5, 0.6) is 0 Å². The Morgan fingerprint density at radius 1 is 1.44 bits per heavy atom. The van der Waals surface area contributed by atoms with Crippen LogP contribution in [-0.4, -0.2) is 28.8 Å². The first-order valence-electron chi connectivity index (χ1n) is 6.30. The third-order valence-electron chi connectivity index (χ3n) is 2.98. The predicted molar refractivity (Wildman–Crippen MR) is 71.3 cm³/mol. The van der Waals surface area contributed by atoms with Crippen molar-refractivity contribution in [2.45, 2.75) is 32.8 Å². The van der Waals surface area contributed by atoms with Gasteiger partial charge in [-0.15, -0.1) is 0 Å². The van der Waals surface area contributed by atoms with Gasteiger partial charge < -0.3 is 15.7 Å². The molecule has 1 aromatic rings. The largest absolute Gasteiger partial charge is 0.391 e. The Hall–Kier alpha value is -1.62. The number of urea groups is 1. The number of nitrogens with one attached hydrogen (secondary N) is 2. The van der Waals surface area contributed by atoms with Crippen molar-refractivity contribution in [1.82, 2.24) is 10.3 Å². The van der Waals surface area contributed by atoms with Crippen molar-refractivity contribution in [2.24, 2.45) is 5.92 Å². The molecular formula is C13H21N3O2. The molecule has 1 unspecified atom stereocenters. The van der Waals surface area contributed by atoms with Crippen LogP contribution in [0.4, 0.5) is 10.5 Å². The number of hydrogen-bond acceptors (Lipinski definition) is 3. The highest BCUT2D eigenvalue weighted by Gasteiger charge is 2.15. The molecule has 0 aromatic carbocycles. The quantitative estimate of drug-likeness (QED) is 0.724. The fourth-order valence-corrected chi connectivity index (χ4v) is 1.81. The number of amides is 2. The number of aliphatic hydroxyl groups excluding tert-OH is 1. The highest BCUT2D eigenvalue weighted by molar-refractivity contribution is 5.88. The number of nitrogens with zero attached hydrogens (tertiary/aromatic N) is 1. The van der Waals surface area contributed by atoms with Crippen molar-refractivity contribution < 1.29 is 9.90 Å². The lowest BCUT2D eigenvalue weighted by Crippen LogP contribution is -2.38. The van der Waals surface area contributed by atoms with E-state index in [0.717, 1.165) is 12.8 Å². The standard InChI is InChI=1S/C13H21N3O2/c1-3-10(4-2)12(17)9-15-13(18)16-11-6-5-7-14-8-11/h5-8,10,12,17H,3-4,9H2,1-2H3,(H2,15,16,18). The molecular weight excluding hydrogens is 230 g/mol. The average Bonchev–Trinajstić information content (AvgIpc) is 2.39. The van der Waals surface area contributed by atoms with Crippen molar-refractivity contribution in [3.63, 3.8) is 0 Å². The average molecular weight is 251 g/mol. The van der Waals surface area contributed by atoms with Crippen molar-refractivity contribution in [3.8, 4) is 0 Å². The maximum Gasteiger partial charge on any atom is 0.319 e. The molecule has 5 heteroatoms. The van der Waals surface area contributed by atoms with E-state index in [1.165, 1.54) is 0 Å². The predicted octanol–water partition coefficient (Wildman–Crippen LogP) is 2.00. The van der Waals surface area contributed by atoms with Crippen molar-refractivity contribution >= 4 is 11.7 Å². The number of anilines is 1. The summed E-state index contributed by atoms with van der Waals surface area (Å²) in [6.45, 7) is 4.33. The zero-order chi connectivity index (χ0) is 13.4. The fraction of sp³-hybridized carbons (Fsp3) is 0.538. The summed E-state index contributed by atoms with van der Waals surface area (Å²) in [6, 6.07) is 3.17. The number of carbonyl (C=O) groups is 1. The van der Waals surface area contributed by atoms with Crippen LogP contribution < -0.4 is 10.6 Å². The molecule has 5 nitrogen and oxygen atoms in total. The highest BCUT2D eigenvalue weighted by atomic mass is 16.3. The van der Waals surface area contributed by atoms with Gasteiger partial charge in [-0.3, -0.25) is 4.98 Å². The SMILES string of the molecule is CCC(CC)C(O)CNC(=O)Nc1cccnc1. The Morgan fingerprint density at radius 3 is 2.72 bits per heavy atom. The van der Waals surface area contributed by atoms with E-state index < -0.39 is 6.10 Å². The summed E-state index contributed by atoms with van der Waals surface area (Å²) < 4.78 is 0. The van der Waals surface area contributed by atoms with Crippen LogP contribution in [0.1, 0.15) is 26.7 Å². The van der Waals surface area contributed by atoms with Crippen molar-refractivity contribution in [2.75, 3.05) is 11.9 Å². The number of pyridine rings is 1. The molecule has 0 bridgehead atoms.